The average molecular weight is 1050 g/mol. The number of piperazine rings is 1. The first kappa shape index (κ1) is 55.5. The van der Waals surface area contributed by atoms with Gasteiger partial charge >= 0.3 is 5.69 Å². The minimum Gasteiger partial charge on any atom is -0.494 e. The predicted octanol–water partition coefficient (Wildman–Crippen LogP) is 9.22. The molecule has 4 amide bonds. The lowest BCUT2D eigenvalue weighted by Gasteiger charge is -2.39. The molecule has 396 valence electrons. The number of aryl methyl sites for hydroxylation is 2. The molecule has 1 unspecified atom stereocenters. The Labute approximate surface area is 442 Å². The van der Waals surface area contributed by atoms with E-state index in [1.54, 1.807) is 16.2 Å². The number of benzene rings is 3. The van der Waals surface area contributed by atoms with Crippen LogP contribution in [0.5, 0.6) is 5.75 Å². The van der Waals surface area contributed by atoms with Gasteiger partial charge in [0.1, 0.15) is 17.8 Å². The number of hydrogen-bond donors (Lipinski definition) is 3. The number of unbranched alkanes of at least 4 members (excludes halogenated alkanes) is 7. The second kappa shape index (κ2) is 25.8. The van der Waals surface area contributed by atoms with Crippen molar-refractivity contribution < 1.29 is 38.5 Å². The molecule has 0 saturated carbocycles. The summed E-state index contributed by atoms with van der Waals surface area (Å²) in [6.45, 7) is 11.8. The fraction of sp³-hybridized carbons (Fsp3) is 0.491. The maximum atomic E-state index is 14.0. The third-order valence-electron chi connectivity index (χ3n) is 13.8. The molecule has 3 aromatic carbocycles. The monoisotopic (exact) mass is 1050 g/mol. The third kappa shape index (κ3) is 14.5. The number of halogens is 1. The number of aromatic nitrogens is 2. The number of β-amino-alcohol motifs (C(OH)–C–C–N with tert-alkyl or cyclic N) is 1. The minimum absolute atomic E-state index is 0.00347. The van der Waals surface area contributed by atoms with Gasteiger partial charge < -0.3 is 34.8 Å². The van der Waals surface area contributed by atoms with Gasteiger partial charge in [-0.15, -0.1) is 11.3 Å². The Morgan fingerprint density at radius 2 is 1.51 bits per heavy atom. The molecule has 7 rings (SSSR count). The molecule has 0 aliphatic carbocycles. The summed E-state index contributed by atoms with van der Waals surface area (Å²) in [6, 6.07) is 21.9. The molecular formula is C55H69ClN8O9S. The third-order valence-corrected chi connectivity index (χ3v) is 15.1. The molecular weight excluding hydrogens is 984 g/mol. The van der Waals surface area contributed by atoms with Crippen molar-refractivity contribution >= 4 is 52.3 Å². The van der Waals surface area contributed by atoms with Crippen LogP contribution in [0.2, 0.25) is 5.02 Å². The highest BCUT2D eigenvalue weighted by molar-refractivity contribution is 7.13. The average Bonchev–Trinajstić information content (AvgIpc) is 4.12. The van der Waals surface area contributed by atoms with Crippen molar-refractivity contribution in [3.63, 3.8) is 0 Å². The van der Waals surface area contributed by atoms with Crippen molar-refractivity contribution in [1.82, 2.24) is 35.5 Å². The zero-order valence-corrected chi connectivity index (χ0v) is 44.6. The van der Waals surface area contributed by atoms with E-state index in [1.165, 1.54) is 11.8 Å². The lowest BCUT2D eigenvalue weighted by atomic mass is 9.85. The number of hydrogen-bond acceptors (Lipinski definition) is 13. The first-order chi connectivity index (χ1) is 35.5. The Hall–Kier alpha value is -6.21. The van der Waals surface area contributed by atoms with Gasteiger partial charge in [-0.1, -0.05) is 125 Å². The van der Waals surface area contributed by atoms with Crippen molar-refractivity contribution in [3.8, 4) is 16.2 Å². The molecule has 2 aliphatic heterocycles. The van der Waals surface area contributed by atoms with Crippen molar-refractivity contribution in [2.75, 3.05) is 39.3 Å². The van der Waals surface area contributed by atoms with E-state index in [0.717, 1.165) is 83.5 Å². The quantitative estimate of drug-likeness (QED) is 0.0317. The van der Waals surface area contributed by atoms with E-state index in [4.69, 9.17) is 20.9 Å². The number of nitro groups is 1. The number of thiazole rings is 1. The van der Waals surface area contributed by atoms with Gasteiger partial charge in [0.05, 0.1) is 39.8 Å². The van der Waals surface area contributed by atoms with E-state index < -0.39 is 40.1 Å². The molecule has 2 aromatic heterocycles. The van der Waals surface area contributed by atoms with Gasteiger partial charge in [0.2, 0.25) is 29.2 Å². The zero-order chi connectivity index (χ0) is 52.9. The first-order valence-electron chi connectivity index (χ1n) is 25.7. The Morgan fingerprint density at radius 1 is 0.892 bits per heavy atom. The van der Waals surface area contributed by atoms with Crippen LogP contribution in [0.15, 0.2) is 82.8 Å². The Morgan fingerprint density at radius 3 is 2.12 bits per heavy atom. The minimum atomic E-state index is -0.859. The summed E-state index contributed by atoms with van der Waals surface area (Å²) >= 11 is 7.83. The van der Waals surface area contributed by atoms with Crippen LogP contribution in [-0.2, 0) is 20.9 Å². The van der Waals surface area contributed by atoms with Gasteiger partial charge in [-0.2, -0.15) is 0 Å². The summed E-state index contributed by atoms with van der Waals surface area (Å²) in [5.74, 6) is -0.648. The number of likely N-dealkylation sites (tertiary alicyclic amines) is 1. The molecule has 5 aromatic rings. The number of rotatable bonds is 23. The predicted molar refractivity (Wildman–Crippen MR) is 284 cm³/mol. The van der Waals surface area contributed by atoms with Crippen LogP contribution in [0.25, 0.3) is 10.4 Å². The molecule has 2 saturated heterocycles. The van der Waals surface area contributed by atoms with Gasteiger partial charge in [-0.25, -0.2) is 4.98 Å². The molecule has 2 aliphatic rings. The van der Waals surface area contributed by atoms with E-state index in [1.807, 2.05) is 93.9 Å². The molecule has 2 fully saturated rings. The van der Waals surface area contributed by atoms with Crippen molar-refractivity contribution in [2.24, 2.45) is 5.41 Å². The van der Waals surface area contributed by atoms with Gasteiger partial charge in [0, 0.05) is 64.1 Å². The first-order valence-corrected chi connectivity index (χ1v) is 26.9. The smallest absolute Gasteiger partial charge is 0.344 e. The van der Waals surface area contributed by atoms with Crippen LogP contribution in [0.4, 0.5) is 5.69 Å². The summed E-state index contributed by atoms with van der Waals surface area (Å²) < 4.78 is 11.1. The van der Waals surface area contributed by atoms with Crippen molar-refractivity contribution in [3.05, 3.63) is 127 Å². The van der Waals surface area contributed by atoms with E-state index >= 15 is 0 Å². The second-order valence-electron chi connectivity index (χ2n) is 20.4. The fourth-order valence-corrected chi connectivity index (χ4v) is 10.7. The number of nitrogens with one attached hydrogen (secondary N) is 2. The normalized spacial score (nSPS) is 17.0. The van der Waals surface area contributed by atoms with E-state index in [2.05, 4.69) is 37.8 Å². The standard InChI is InChI=1S/C55H69ClN8O9S/c1-36-50(74-35-58-36)41-17-15-38(16-18-41)33-57-52(67)45-32-43(65)34-63(45)54(69)51(55(3,4)5)59-46(66)14-12-10-8-6-7-9-11-13-31-72-44-25-21-40(22-26-44)49(39-19-23-42(56)24-20-39)61-27-29-62(30-28-61)53(68)47-48(64(70)71)37(2)73-60-47/h15-26,35,43,45,49,51,65H,6-14,27-34H2,1-5H3,(H,57,67)(H,59,66)/t43-,45+,49?,51-/m1/s1. The van der Waals surface area contributed by atoms with Crippen LogP contribution >= 0.6 is 22.9 Å². The highest BCUT2D eigenvalue weighted by Crippen LogP contribution is 2.34. The highest BCUT2D eigenvalue weighted by Gasteiger charge is 2.44. The number of ether oxygens (including phenoxy) is 1. The van der Waals surface area contributed by atoms with E-state index in [-0.39, 0.29) is 54.7 Å². The number of amides is 4. The number of carbonyl (C=O) groups excluding carboxylic acids is 4. The van der Waals surface area contributed by atoms with E-state index in [0.29, 0.717) is 50.7 Å². The zero-order valence-electron chi connectivity index (χ0n) is 43.0. The molecule has 74 heavy (non-hydrogen) atoms. The summed E-state index contributed by atoms with van der Waals surface area (Å²) in [6.07, 6.45) is 7.41. The summed E-state index contributed by atoms with van der Waals surface area (Å²) in [4.78, 5) is 75.6. The molecule has 4 heterocycles. The van der Waals surface area contributed by atoms with Gasteiger partial charge in [-0.05, 0) is 71.7 Å². The van der Waals surface area contributed by atoms with Gasteiger partial charge in [0.15, 0.2) is 0 Å². The number of carbonyl (C=O) groups is 4. The Balaban J connectivity index is 0.780. The molecule has 0 radical (unpaired) electrons. The van der Waals surface area contributed by atoms with Crippen molar-refractivity contribution in [2.45, 2.75) is 130 Å². The number of aliphatic hydroxyl groups is 1. The maximum Gasteiger partial charge on any atom is 0.344 e. The molecule has 0 spiro atoms. The number of aliphatic hydroxyl groups excluding tert-OH is 1. The summed E-state index contributed by atoms with van der Waals surface area (Å²) in [5, 5.41) is 32.4. The topological polar surface area (TPSA) is 214 Å². The SMILES string of the molecule is Cc1ncsc1-c1ccc(CNC(=O)[C@@H]2C[C@@H](O)CN2C(=O)[C@@H](NC(=O)CCCCCCCCCCOc2ccc(C(c3ccc(Cl)cc3)N3CCN(C(=O)c4noc(C)c4[N+](=O)[O-])CC3)cc2)C(C)(C)C)cc1. The number of nitrogens with zero attached hydrogens (tertiary/aromatic N) is 6. The highest BCUT2D eigenvalue weighted by atomic mass is 35.5. The van der Waals surface area contributed by atoms with Gasteiger partial charge in [-0.3, -0.25) is 34.2 Å². The lowest BCUT2D eigenvalue weighted by Crippen LogP contribution is -2.57. The van der Waals surface area contributed by atoms with Crippen LogP contribution in [0.3, 0.4) is 0 Å². The maximum absolute atomic E-state index is 14.0. The van der Waals surface area contributed by atoms with Gasteiger partial charge in [0.25, 0.3) is 5.91 Å². The van der Waals surface area contributed by atoms with Crippen LogP contribution in [-0.4, -0.2) is 116 Å². The van der Waals surface area contributed by atoms with E-state index in [9.17, 15) is 34.4 Å². The van der Waals surface area contributed by atoms with Crippen LogP contribution < -0.4 is 15.4 Å². The Bertz CT molecular complexity index is 2680. The Kier molecular flexibility index (Phi) is 19.4. The summed E-state index contributed by atoms with van der Waals surface area (Å²) in [5.41, 5.74) is 5.56. The largest absolute Gasteiger partial charge is 0.494 e. The van der Waals surface area contributed by atoms with Crippen LogP contribution in [0.1, 0.15) is 130 Å². The second-order valence-corrected chi connectivity index (χ2v) is 21.7. The molecule has 17 nitrogen and oxygen atoms in total. The molecule has 0 bridgehead atoms. The molecule has 19 heteroatoms. The molecule has 4 atom stereocenters. The van der Waals surface area contributed by atoms with Crippen molar-refractivity contribution in [1.29, 1.82) is 0 Å². The lowest BCUT2D eigenvalue weighted by molar-refractivity contribution is -0.386. The van der Waals surface area contributed by atoms with Crippen LogP contribution in [0, 0.1) is 29.4 Å². The summed E-state index contributed by atoms with van der Waals surface area (Å²) in [7, 11) is 0. The fourth-order valence-electron chi connectivity index (χ4n) is 9.71. The molecule has 3 N–H and O–H groups in total.